The summed E-state index contributed by atoms with van der Waals surface area (Å²) in [5.41, 5.74) is 13.5. The summed E-state index contributed by atoms with van der Waals surface area (Å²) >= 11 is 5.54. The Morgan fingerprint density at radius 1 is 1.00 bits per heavy atom. The largest absolute Gasteiger partial charge is 0.396 e. The van der Waals surface area contributed by atoms with Gasteiger partial charge in [-0.15, -0.1) is 0 Å². The van der Waals surface area contributed by atoms with Gasteiger partial charge in [0.2, 0.25) is 0 Å². The summed E-state index contributed by atoms with van der Waals surface area (Å²) in [7, 11) is 0. The average molecular weight is 308 g/mol. The minimum absolute atomic E-state index is 0.522. The van der Waals surface area contributed by atoms with Crippen molar-refractivity contribution in [1.29, 1.82) is 0 Å². The first-order chi connectivity index (χ1) is 10.2. The maximum atomic E-state index is 5.81. The van der Waals surface area contributed by atoms with Gasteiger partial charge in [0.25, 0.3) is 0 Å². The number of aromatic nitrogens is 2. The molecule has 112 valence electrons. The fourth-order valence-corrected chi connectivity index (χ4v) is 1.99. The zero-order valence-corrected chi connectivity index (χ0v) is 12.3. The number of rotatable bonds is 1. The van der Waals surface area contributed by atoms with E-state index in [-0.39, 0.29) is 0 Å². The Bertz CT molecular complexity index is 554. The van der Waals surface area contributed by atoms with Crippen LogP contribution in [-0.2, 0) is 4.74 Å². The second kappa shape index (κ2) is 7.66. The zero-order valence-electron chi connectivity index (χ0n) is 11.6. The zero-order chi connectivity index (χ0) is 15.1. The molecule has 0 aliphatic carbocycles. The van der Waals surface area contributed by atoms with Crippen LogP contribution in [0.1, 0.15) is 0 Å². The summed E-state index contributed by atoms with van der Waals surface area (Å²) in [6.45, 7) is 3.38. The van der Waals surface area contributed by atoms with E-state index in [2.05, 4.69) is 14.9 Å². The number of morpholine rings is 1. The quantitative estimate of drug-likeness (QED) is 0.835. The lowest BCUT2D eigenvalue weighted by atomic mass is 10.3. The van der Waals surface area contributed by atoms with Crippen LogP contribution >= 0.6 is 11.6 Å². The summed E-state index contributed by atoms with van der Waals surface area (Å²) in [5, 5.41) is 0.556. The Balaban J connectivity index is 0.000000173. The Labute approximate surface area is 128 Å². The van der Waals surface area contributed by atoms with Gasteiger partial charge in [-0.3, -0.25) is 9.97 Å². The molecule has 1 fully saturated rings. The minimum atomic E-state index is 0.522. The molecule has 21 heavy (non-hydrogen) atoms. The Morgan fingerprint density at radius 3 is 2.14 bits per heavy atom. The highest BCUT2D eigenvalue weighted by Gasteiger charge is 2.12. The van der Waals surface area contributed by atoms with Crippen LogP contribution in [0.4, 0.5) is 17.1 Å². The normalized spacial score (nSPS) is 14.2. The highest BCUT2D eigenvalue weighted by Crippen LogP contribution is 2.21. The Hall–Kier alpha value is -2.05. The average Bonchev–Trinajstić information content (AvgIpc) is 2.52. The Kier molecular flexibility index (Phi) is 5.59. The molecule has 1 aliphatic heterocycles. The second-order valence-corrected chi connectivity index (χ2v) is 4.84. The van der Waals surface area contributed by atoms with Gasteiger partial charge < -0.3 is 21.1 Å². The first-order valence-corrected chi connectivity index (χ1v) is 6.93. The molecule has 0 unspecified atom stereocenters. The number of nitrogen functional groups attached to an aromatic ring is 2. The molecule has 7 heteroatoms. The van der Waals surface area contributed by atoms with Crippen molar-refractivity contribution in [2.45, 2.75) is 0 Å². The molecule has 0 bridgehead atoms. The molecule has 2 aromatic heterocycles. The van der Waals surface area contributed by atoms with Crippen LogP contribution in [0.25, 0.3) is 0 Å². The molecule has 0 amide bonds. The molecular weight excluding hydrogens is 290 g/mol. The lowest BCUT2D eigenvalue weighted by Gasteiger charge is -2.29. The van der Waals surface area contributed by atoms with Crippen LogP contribution in [0.15, 0.2) is 36.9 Å². The van der Waals surface area contributed by atoms with Crippen LogP contribution in [0.5, 0.6) is 0 Å². The molecule has 2 aromatic rings. The monoisotopic (exact) mass is 307 g/mol. The first-order valence-electron chi connectivity index (χ1n) is 6.55. The third kappa shape index (κ3) is 4.47. The van der Waals surface area contributed by atoms with Crippen LogP contribution in [0.2, 0.25) is 5.02 Å². The van der Waals surface area contributed by atoms with E-state index < -0.39 is 0 Å². The van der Waals surface area contributed by atoms with Crippen molar-refractivity contribution in [3.05, 3.63) is 41.9 Å². The van der Waals surface area contributed by atoms with E-state index in [4.69, 9.17) is 27.8 Å². The van der Waals surface area contributed by atoms with Crippen LogP contribution in [0.3, 0.4) is 0 Å². The summed E-state index contributed by atoms with van der Waals surface area (Å²) in [6, 6.07) is 3.59. The van der Waals surface area contributed by atoms with Crippen LogP contribution < -0.4 is 16.4 Å². The maximum absolute atomic E-state index is 5.81. The smallest absolute Gasteiger partial charge is 0.0738 e. The van der Waals surface area contributed by atoms with Gasteiger partial charge in [-0.1, -0.05) is 11.6 Å². The molecule has 6 nitrogen and oxygen atoms in total. The number of ether oxygens (including phenoxy) is 1. The SMILES string of the molecule is Nc1cnccc1Cl.Nc1cnccc1N1CCOCC1. The Morgan fingerprint density at radius 2 is 1.62 bits per heavy atom. The van der Waals surface area contributed by atoms with E-state index in [1.807, 2.05) is 6.07 Å². The molecular formula is C14H18ClN5O. The van der Waals surface area contributed by atoms with E-state index in [1.54, 1.807) is 24.7 Å². The predicted molar refractivity (Wildman–Crippen MR) is 85.3 cm³/mol. The number of nitrogens with two attached hydrogens (primary N) is 2. The summed E-state index contributed by atoms with van der Waals surface area (Å²) in [6.07, 6.45) is 6.56. The molecule has 4 N–H and O–H groups in total. The van der Waals surface area contributed by atoms with Gasteiger partial charge in [0, 0.05) is 25.5 Å². The van der Waals surface area contributed by atoms with Gasteiger partial charge in [0.05, 0.1) is 47.7 Å². The third-order valence-corrected chi connectivity index (χ3v) is 3.32. The fourth-order valence-electron chi connectivity index (χ4n) is 1.88. The van der Waals surface area contributed by atoms with Gasteiger partial charge in [-0.2, -0.15) is 0 Å². The summed E-state index contributed by atoms with van der Waals surface area (Å²) < 4.78 is 5.26. The predicted octanol–water partition coefficient (Wildman–Crippen LogP) is 1.82. The number of hydrogen-bond acceptors (Lipinski definition) is 6. The molecule has 0 saturated carbocycles. The number of anilines is 3. The van der Waals surface area contributed by atoms with Gasteiger partial charge in [0.15, 0.2) is 0 Å². The molecule has 3 rings (SSSR count). The second-order valence-electron chi connectivity index (χ2n) is 4.43. The van der Waals surface area contributed by atoms with E-state index >= 15 is 0 Å². The number of halogens is 1. The molecule has 1 aliphatic rings. The summed E-state index contributed by atoms with van der Waals surface area (Å²) in [4.78, 5) is 9.92. The summed E-state index contributed by atoms with van der Waals surface area (Å²) in [5.74, 6) is 0. The number of nitrogens with zero attached hydrogens (tertiary/aromatic N) is 3. The van der Waals surface area contributed by atoms with Gasteiger partial charge >= 0.3 is 0 Å². The maximum Gasteiger partial charge on any atom is 0.0738 e. The van der Waals surface area contributed by atoms with Crippen molar-refractivity contribution in [3.8, 4) is 0 Å². The third-order valence-electron chi connectivity index (χ3n) is 2.98. The first kappa shape index (κ1) is 15.3. The van der Waals surface area contributed by atoms with Gasteiger partial charge in [0.1, 0.15) is 0 Å². The van der Waals surface area contributed by atoms with Crippen molar-refractivity contribution < 1.29 is 4.74 Å². The van der Waals surface area contributed by atoms with Gasteiger partial charge in [-0.05, 0) is 12.1 Å². The van der Waals surface area contributed by atoms with Crippen molar-refractivity contribution in [2.75, 3.05) is 42.7 Å². The lowest BCUT2D eigenvalue weighted by molar-refractivity contribution is 0.123. The van der Waals surface area contributed by atoms with Crippen LogP contribution in [0, 0.1) is 0 Å². The highest BCUT2D eigenvalue weighted by atomic mass is 35.5. The number of pyridine rings is 2. The van der Waals surface area contributed by atoms with E-state index in [1.165, 1.54) is 6.20 Å². The lowest BCUT2D eigenvalue weighted by Crippen LogP contribution is -2.36. The van der Waals surface area contributed by atoms with E-state index in [0.29, 0.717) is 10.7 Å². The number of hydrogen-bond donors (Lipinski definition) is 2. The minimum Gasteiger partial charge on any atom is -0.396 e. The van der Waals surface area contributed by atoms with E-state index in [9.17, 15) is 0 Å². The van der Waals surface area contributed by atoms with Gasteiger partial charge in [-0.25, -0.2) is 0 Å². The van der Waals surface area contributed by atoms with E-state index in [0.717, 1.165) is 37.7 Å². The molecule has 3 heterocycles. The molecule has 0 radical (unpaired) electrons. The molecule has 0 atom stereocenters. The highest BCUT2D eigenvalue weighted by molar-refractivity contribution is 6.32. The standard InChI is InChI=1S/C9H13N3O.C5H5ClN2/c10-8-7-11-2-1-9(8)12-3-5-13-6-4-12;6-4-1-2-8-3-5(4)7/h1-2,7H,3-6,10H2;1-3H,7H2. The van der Waals surface area contributed by atoms with Crippen molar-refractivity contribution in [2.24, 2.45) is 0 Å². The fraction of sp³-hybridized carbons (Fsp3) is 0.286. The topological polar surface area (TPSA) is 90.3 Å². The molecule has 0 spiro atoms. The molecule has 1 saturated heterocycles. The van der Waals surface area contributed by atoms with Crippen LogP contribution in [-0.4, -0.2) is 36.3 Å². The molecule has 0 aromatic carbocycles. The van der Waals surface area contributed by atoms with Crippen molar-refractivity contribution in [3.63, 3.8) is 0 Å². The van der Waals surface area contributed by atoms with Crippen molar-refractivity contribution in [1.82, 2.24) is 9.97 Å². The van der Waals surface area contributed by atoms with Crippen molar-refractivity contribution >= 4 is 28.7 Å².